The molecular weight excluding hydrogens is 250 g/mol. The van der Waals surface area contributed by atoms with Crippen LogP contribution in [0.25, 0.3) is 22.2 Å². The molecule has 20 heavy (non-hydrogen) atoms. The van der Waals surface area contributed by atoms with Gasteiger partial charge in [-0.3, -0.25) is 9.78 Å². The second-order valence-electron chi connectivity index (χ2n) is 4.71. The molecule has 2 heterocycles. The molecule has 1 N–H and O–H groups in total. The van der Waals surface area contributed by atoms with Crippen LogP contribution in [0, 0.1) is 0 Å². The van der Waals surface area contributed by atoms with E-state index in [9.17, 15) is 4.79 Å². The summed E-state index contributed by atoms with van der Waals surface area (Å²) in [6.07, 6.45) is 3.47. The van der Waals surface area contributed by atoms with Crippen LogP contribution in [-0.4, -0.2) is 15.0 Å². The van der Waals surface area contributed by atoms with Gasteiger partial charge in [0.05, 0.1) is 11.2 Å². The molecule has 0 spiro atoms. The van der Waals surface area contributed by atoms with E-state index in [4.69, 9.17) is 0 Å². The van der Waals surface area contributed by atoms with Crippen molar-refractivity contribution < 1.29 is 0 Å². The minimum atomic E-state index is -0.119. The van der Waals surface area contributed by atoms with Crippen LogP contribution in [0.3, 0.4) is 0 Å². The summed E-state index contributed by atoms with van der Waals surface area (Å²) in [6.45, 7) is 2.06. The van der Waals surface area contributed by atoms with Crippen LogP contribution in [0.2, 0.25) is 0 Å². The van der Waals surface area contributed by atoms with Crippen LogP contribution in [0.1, 0.15) is 19.2 Å². The molecule has 1 aromatic carbocycles. The molecule has 0 bridgehead atoms. The van der Waals surface area contributed by atoms with E-state index >= 15 is 0 Å². The molecule has 0 aliphatic carbocycles. The molecule has 0 fully saturated rings. The van der Waals surface area contributed by atoms with Crippen molar-refractivity contribution >= 4 is 10.9 Å². The van der Waals surface area contributed by atoms with Gasteiger partial charge in [-0.2, -0.15) is 0 Å². The lowest BCUT2D eigenvalue weighted by molar-refractivity contribution is 0.828. The van der Waals surface area contributed by atoms with Gasteiger partial charge in [0, 0.05) is 29.6 Å². The summed E-state index contributed by atoms with van der Waals surface area (Å²) in [5, 5.41) is 1.05. The number of nitrogens with zero attached hydrogens (tertiary/aromatic N) is 2. The van der Waals surface area contributed by atoms with E-state index in [2.05, 4.69) is 21.9 Å². The van der Waals surface area contributed by atoms with Gasteiger partial charge >= 0.3 is 0 Å². The summed E-state index contributed by atoms with van der Waals surface area (Å²) in [6, 6.07) is 11.4. The van der Waals surface area contributed by atoms with E-state index in [0.29, 0.717) is 5.69 Å². The molecule has 0 amide bonds. The van der Waals surface area contributed by atoms with Crippen molar-refractivity contribution in [1.29, 1.82) is 0 Å². The lowest BCUT2D eigenvalue weighted by Crippen LogP contribution is -2.11. The molecule has 0 saturated heterocycles. The minimum absolute atomic E-state index is 0.119. The number of aryl methyl sites for hydroxylation is 1. The SMILES string of the molecule is CCCc1nc(-c2cccc3cccnc23)cc(=O)[nH]1. The van der Waals surface area contributed by atoms with Crippen molar-refractivity contribution in [2.75, 3.05) is 0 Å². The first kappa shape index (κ1) is 12.5. The molecule has 3 rings (SSSR count). The van der Waals surface area contributed by atoms with Crippen LogP contribution >= 0.6 is 0 Å². The summed E-state index contributed by atoms with van der Waals surface area (Å²) in [5.74, 6) is 0.725. The number of fused-ring (bicyclic) bond motifs is 1. The Morgan fingerprint density at radius 2 is 2.05 bits per heavy atom. The summed E-state index contributed by atoms with van der Waals surface area (Å²) in [4.78, 5) is 23.5. The van der Waals surface area contributed by atoms with Gasteiger partial charge in [0.15, 0.2) is 0 Å². The first-order chi connectivity index (χ1) is 9.78. The molecule has 0 aliphatic rings. The molecule has 0 aliphatic heterocycles. The monoisotopic (exact) mass is 265 g/mol. The highest BCUT2D eigenvalue weighted by atomic mass is 16.1. The number of benzene rings is 1. The van der Waals surface area contributed by atoms with E-state index in [0.717, 1.165) is 35.1 Å². The predicted molar refractivity (Wildman–Crippen MR) is 79.6 cm³/mol. The number of aromatic amines is 1. The average molecular weight is 265 g/mol. The second kappa shape index (κ2) is 5.25. The highest BCUT2D eigenvalue weighted by molar-refractivity contribution is 5.92. The van der Waals surface area contributed by atoms with Gasteiger partial charge < -0.3 is 4.98 Å². The number of rotatable bonds is 3. The number of pyridine rings is 1. The van der Waals surface area contributed by atoms with Crippen LogP contribution in [0.4, 0.5) is 0 Å². The van der Waals surface area contributed by atoms with Gasteiger partial charge in [0.1, 0.15) is 5.82 Å². The van der Waals surface area contributed by atoms with Crippen molar-refractivity contribution in [2.45, 2.75) is 19.8 Å². The summed E-state index contributed by atoms with van der Waals surface area (Å²) >= 11 is 0. The summed E-state index contributed by atoms with van der Waals surface area (Å²) in [5.41, 5.74) is 2.33. The molecule has 100 valence electrons. The van der Waals surface area contributed by atoms with Crippen molar-refractivity contribution in [1.82, 2.24) is 15.0 Å². The zero-order valence-corrected chi connectivity index (χ0v) is 11.3. The number of hydrogen-bond acceptors (Lipinski definition) is 3. The van der Waals surface area contributed by atoms with Gasteiger partial charge in [-0.05, 0) is 12.5 Å². The predicted octanol–water partition coefficient (Wildman–Crippen LogP) is 2.94. The third-order valence-electron chi connectivity index (χ3n) is 3.19. The van der Waals surface area contributed by atoms with E-state index in [1.165, 1.54) is 6.07 Å². The molecule has 4 heteroatoms. The molecule has 4 nitrogen and oxygen atoms in total. The largest absolute Gasteiger partial charge is 0.311 e. The fourth-order valence-corrected chi connectivity index (χ4v) is 2.31. The highest BCUT2D eigenvalue weighted by Crippen LogP contribution is 2.24. The minimum Gasteiger partial charge on any atom is -0.311 e. The average Bonchev–Trinajstić information content (AvgIpc) is 2.46. The molecule has 2 aromatic heterocycles. The summed E-state index contributed by atoms with van der Waals surface area (Å²) < 4.78 is 0. The molecule has 0 saturated carbocycles. The molecule has 0 radical (unpaired) electrons. The van der Waals surface area contributed by atoms with Gasteiger partial charge in [-0.15, -0.1) is 0 Å². The first-order valence-corrected chi connectivity index (χ1v) is 6.72. The number of aromatic nitrogens is 3. The van der Waals surface area contributed by atoms with Crippen molar-refractivity contribution in [3.8, 4) is 11.3 Å². The number of nitrogens with one attached hydrogen (secondary N) is 1. The van der Waals surface area contributed by atoms with Crippen molar-refractivity contribution in [3.63, 3.8) is 0 Å². The van der Waals surface area contributed by atoms with Gasteiger partial charge in [0.25, 0.3) is 5.56 Å². The van der Waals surface area contributed by atoms with Crippen LogP contribution in [0.5, 0.6) is 0 Å². The van der Waals surface area contributed by atoms with Crippen LogP contribution in [0.15, 0.2) is 47.4 Å². The quantitative estimate of drug-likeness (QED) is 0.792. The van der Waals surface area contributed by atoms with E-state index < -0.39 is 0 Å². The number of hydrogen-bond donors (Lipinski definition) is 1. The molecule has 0 atom stereocenters. The Hall–Kier alpha value is -2.49. The standard InChI is InChI=1S/C16H15N3O/c1-2-5-14-18-13(10-15(20)19-14)12-8-3-6-11-7-4-9-17-16(11)12/h3-4,6-10H,2,5H2,1H3,(H,18,19,20). The number of H-pyrrole nitrogens is 1. The maximum Gasteiger partial charge on any atom is 0.251 e. The normalized spacial score (nSPS) is 10.8. The third-order valence-corrected chi connectivity index (χ3v) is 3.19. The molecule has 3 aromatic rings. The fraction of sp³-hybridized carbons (Fsp3) is 0.188. The Labute approximate surface area is 116 Å². The maximum absolute atomic E-state index is 11.8. The van der Waals surface area contributed by atoms with Gasteiger partial charge in [-0.1, -0.05) is 31.2 Å². The third kappa shape index (κ3) is 2.32. The smallest absolute Gasteiger partial charge is 0.251 e. The van der Waals surface area contributed by atoms with Gasteiger partial charge in [-0.25, -0.2) is 4.98 Å². The lowest BCUT2D eigenvalue weighted by Gasteiger charge is -2.06. The van der Waals surface area contributed by atoms with Crippen molar-refractivity contribution in [3.05, 3.63) is 58.8 Å². The first-order valence-electron chi connectivity index (χ1n) is 6.72. The molecular formula is C16H15N3O. The lowest BCUT2D eigenvalue weighted by atomic mass is 10.1. The topological polar surface area (TPSA) is 58.6 Å². The van der Waals surface area contributed by atoms with Crippen LogP contribution in [-0.2, 0) is 6.42 Å². The Kier molecular flexibility index (Phi) is 3.29. The van der Waals surface area contributed by atoms with E-state index in [1.807, 2.05) is 30.3 Å². The summed E-state index contributed by atoms with van der Waals surface area (Å²) in [7, 11) is 0. The van der Waals surface area contributed by atoms with E-state index in [1.54, 1.807) is 6.20 Å². The second-order valence-corrected chi connectivity index (χ2v) is 4.71. The van der Waals surface area contributed by atoms with Crippen LogP contribution < -0.4 is 5.56 Å². The Morgan fingerprint density at radius 3 is 2.90 bits per heavy atom. The Morgan fingerprint density at radius 1 is 1.20 bits per heavy atom. The Balaban J connectivity index is 2.23. The van der Waals surface area contributed by atoms with Crippen molar-refractivity contribution in [2.24, 2.45) is 0 Å². The number of para-hydroxylation sites is 1. The Bertz CT molecular complexity index is 803. The fourth-order valence-electron chi connectivity index (χ4n) is 2.31. The van der Waals surface area contributed by atoms with E-state index in [-0.39, 0.29) is 5.56 Å². The zero-order valence-electron chi connectivity index (χ0n) is 11.3. The highest BCUT2D eigenvalue weighted by Gasteiger charge is 2.08. The maximum atomic E-state index is 11.8. The van der Waals surface area contributed by atoms with Gasteiger partial charge in [0.2, 0.25) is 0 Å². The molecule has 0 unspecified atom stereocenters. The zero-order chi connectivity index (χ0) is 13.9.